The molecule has 0 atom stereocenters. The zero-order valence-electron chi connectivity index (χ0n) is 14.5. The van der Waals surface area contributed by atoms with Crippen molar-refractivity contribution in [2.45, 2.75) is 12.0 Å². The SMILES string of the molecule is Cc1nnc(-c2ccc(S(=O)(=O)N3CCN(c4ccc(F)cc4)CC3)o2)o1. The molecule has 0 bridgehead atoms. The summed E-state index contributed by atoms with van der Waals surface area (Å²) >= 11 is 0. The van der Waals surface area contributed by atoms with E-state index >= 15 is 0 Å². The van der Waals surface area contributed by atoms with Crippen molar-refractivity contribution in [1.29, 1.82) is 0 Å². The molecule has 10 heteroatoms. The molecular weight excluding hydrogens is 375 g/mol. The third-order valence-corrected chi connectivity index (χ3v) is 6.12. The molecule has 0 radical (unpaired) electrons. The minimum Gasteiger partial charge on any atom is -0.438 e. The van der Waals surface area contributed by atoms with Gasteiger partial charge in [0.1, 0.15) is 5.82 Å². The van der Waals surface area contributed by atoms with Gasteiger partial charge in [-0.05, 0) is 36.4 Å². The zero-order chi connectivity index (χ0) is 19.0. The van der Waals surface area contributed by atoms with E-state index < -0.39 is 10.0 Å². The number of nitrogens with zero attached hydrogens (tertiary/aromatic N) is 4. The van der Waals surface area contributed by atoms with E-state index in [4.69, 9.17) is 8.83 Å². The minimum absolute atomic E-state index is 0.134. The summed E-state index contributed by atoms with van der Waals surface area (Å²) in [6.45, 7) is 3.24. The third kappa shape index (κ3) is 3.45. The number of piperazine rings is 1. The maximum absolute atomic E-state index is 13.1. The lowest BCUT2D eigenvalue weighted by Crippen LogP contribution is -2.48. The van der Waals surface area contributed by atoms with Crippen LogP contribution in [0.1, 0.15) is 5.89 Å². The molecular formula is C17H17FN4O4S. The molecule has 0 aliphatic carbocycles. The smallest absolute Gasteiger partial charge is 0.283 e. The van der Waals surface area contributed by atoms with Crippen molar-refractivity contribution in [3.63, 3.8) is 0 Å². The van der Waals surface area contributed by atoms with Crippen LogP contribution in [0.3, 0.4) is 0 Å². The van der Waals surface area contributed by atoms with Crippen LogP contribution in [-0.2, 0) is 10.0 Å². The van der Waals surface area contributed by atoms with E-state index in [2.05, 4.69) is 10.2 Å². The van der Waals surface area contributed by atoms with Crippen LogP contribution in [0.5, 0.6) is 0 Å². The normalized spacial score (nSPS) is 16.0. The molecule has 0 spiro atoms. The number of halogens is 1. The first-order valence-electron chi connectivity index (χ1n) is 8.34. The Labute approximate surface area is 155 Å². The molecule has 1 fully saturated rings. The molecule has 3 aromatic rings. The average molecular weight is 392 g/mol. The molecule has 1 aromatic carbocycles. The van der Waals surface area contributed by atoms with Crippen LogP contribution < -0.4 is 4.90 Å². The largest absolute Gasteiger partial charge is 0.438 e. The zero-order valence-corrected chi connectivity index (χ0v) is 15.3. The Kier molecular flexibility index (Phi) is 4.44. The number of benzene rings is 1. The average Bonchev–Trinajstić information content (AvgIpc) is 3.32. The Morgan fingerprint density at radius 2 is 1.67 bits per heavy atom. The van der Waals surface area contributed by atoms with Crippen molar-refractivity contribution in [2.24, 2.45) is 0 Å². The predicted molar refractivity (Wildman–Crippen MR) is 94.1 cm³/mol. The summed E-state index contributed by atoms with van der Waals surface area (Å²) in [5.74, 6) is 0.405. The van der Waals surface area contributed by atoms with Crippen molar-refractivity contribution in [3.05, 3.63) is 48.1 Å². The number of hydrogen-bond donors (Lipinski definition) is 0. The first kappa shape index (κ1) is 17.7. The second-order valence-electron chi connectivity index (χ2n) is 6.11. The van der Waals surface area contributed by atoms with Crippen LogP contribution in [0, 0.1) is 12.7 Å². The van der Waals surface area contributed by atoms with E-state index in [1.54, 1.807) is 19.1 Å². The van der Waals surface area contributed by atoms with E-state index in [0.717, 1.165) is 5.69 Å². The van der Waals surface area contributed by atoms with Crippen molar-refractivity contribution >= 4 is 15.7 Å². The van der Waals surface area contributed by atoms with Crippen LogP contribution in [0.2, 0.25) is 0 Å². The van der Waals surface area contributed by atoms with Crippen molar-refractivity contribution in [3.8, 4) is 11.7 Å². The summed E-state index contributed by atoms with van der Waals surface area (Å²) in [7, 11) is -3.76. The molecule has 142 valence electrons. The summed E-state index contributed by atoms with van der Waals surface area (Å²) in [6, 6.07) is 9.03. The van der Waals surface area contributed by atoms with Crippen molar-refractivity contribution in [1.82, 2.24) is 14.5 Å². The minimum atomic E-state index is -3.76. The molecule has 2 aromatic heterocycles. The first-order chi connectivity index (χ1) is 12.9. The molecule has 0 amide bonds. The van der Waals surface area contributed by atoms with Gasteiger partial charge in [0, 0.05) is 38.8 Å². The quantitative estimate of drug-likeness (QED) is 0.672. The number of sulfonamides is 1. The Morgan fingerprint density at radius 1 is 0.963 bits per heavy atom. The molecule has 0 saturated carbocycles. The van der Waals surface area contributed by atoms with Gasteiger partial charge in [0.2, 0.25) is 11.0 Å². The van der Waals surface area contributed by atoms with Gasteiger partial charge in [-0.2, -0.15) is 4.31 Å². The highest BCUT2D eigenvalue weighted by Crippen LogP contribution is 2.27. The van der Waals surface area contributed by atoms with Gasteiger partial charge in [-0.15, -0.1) is 10.2 Å². The van der Waals surface area contributed by atoms with Crippen LogP contribution >= 0.6 is 0 Å². The van der Waals surface area contributed by atoms with Gasteiger partial charge in [0.25, 0.3) is 15.9 Å². The van der Waals surface area contributed by atoms with Crippen LogP contribution in [0.4, 0.5) is 10.1 Å². The molecule has 4 rings (SSSR count). The molecule has 1 aliphatic heterocycles. The number of anilines is 1. The fourth-order valence-corrected chi connectivity index (χ4v) is 4.27. The van der Waals surface area contributed by atoms with Crippen molar-refractivity contribution in [2.75, 3.05) is 31.1 Å². The Balaban J connectivity index is 1.47. The third-order valence-electron chi connectivity index (χ3n) is 4.34. The molecule has 1 saturated heterocycles. The van der Waals surface area contributed by atoms with E-state index in [9.17, 15) is 12.8 Å². The van der Waals surface area contributed by atoms with E-state index in [0.29, 0.717) is 32.1 Å². The van der Waals surface area contributed by atoms with Crippen LogP contribution in [0.25, 0.3) is 11.7 Å². The monoisotopic (exact) mass is 392 g/mol. The number of hydrogen-bond acceptors (Lipinski definition) is 7. The molecule has 3 heterocycles. The standard InChI is InChI=1S/C17H17FN4O4S/c1-12-19-20-17(25-12)15-6-7-16(26-15)27(23,24)22-10-8-21(9-11-22)14-4-2-13(18)3-5-14/h2-7H,8-11H2,1H3. The maximum Gasteiger partial charge on any atom is 0.283 e. The Morgan fingerprint density at radius 3 is 2.30 bits per heavy atom. The molecule has 1 aliphatic rings. The Bertz CT molecular complexity index is 1040. The van der Waals surface area contributed by atoms with Gasteiger partial charge in [0.15, 0.2) is 5.76 Å². The van der Waals surface area contributed by atoms with E-state index in [1.807, 2.05) is 4.90 Å². The van der Waals surface area contributed by atoms with Gasteiger partial charge >= 0.3 is 0 Å². The highest BCUT2D eigenvalue weighted by Gasteiger charge is 2.31. The number of aromatic nitrogens is 2. The highest BCUT2D eigenvalue weighted by molar-refractivity contribution is 7.89. The van der Waals surface area contributed by atoms with Crippen molar-refractivity contribution < 1.29 is 21.6 Å². The number of rotatable bonds is 4. The summed E-state index contributed by atoms with van der Waals surface area (Å²) < 4.78 is 50.8. The van der Waals surface area contributed by atoms with Gasteiger partial charge in [-0.1, -0.05) is 0 Å². The number of furan rings is 1. The van der Waals surface area contributed by atoms with Gasteiger partial charge in [0.05, 0.1) is 0 Å². The second kappa shape index (κ2) is 6.78. The van der Waals surface area contributed by atoms with E-state index in [-0.39, 0.29) is 22.6 Å². The maximum atomic E-state index is 13.1. The van der Waals surface area contributed by atoms with Crippen LogP contribution in [0.15, 0.2) is 50.3 Å². The Hall–Kier alpha value is -2.72. The lowest BCUT2D eigenvalue weighted by atomic mass is 10.2. The van der Waals surface area contributed by atoms with Crippen LogP contribution in [-0.4, -0.2) is 49.1 Å². The predicted octanol–water partition coefficient (Wildman–Crippen LogP) is 2.29. The lowest BCUT2D eigenvalue weighted by molar-refractivity contribution is 0.361. The molecule has 8 nitrogen and oxygen atoms in total. The van der Waals surface area contributed by atoms with Gasteiger partial charge < -0.3 is 13.7 Å². The molecule has 0 unspecified atom stereocenters. The summed E-state index contributed by atoms with van der Waals surface area (Å²) in [6.07, 6.45) is 0. The van der Waals surface area contributed by atoms with E-state index in [1.165, 1.54) is 28.6 Å². The summed E-state index contributed by atoms with van der Waals surface area (Å²) in [5, 5.41) is 7.36. The summed E-state index contributed by atoms with van der Waals surface area (Å²) in [4.78, 5) is 2.01. The lowest BCUT2D eigenvalue weighted by Gasteiger charge is -2.34. The molecule has 0 N–H and O–H groups in total. The number of aryl methyl sites for hydroxylation is 1. The highest BCUT2D eigenvalue weighted by atomic mass is 32.2. The topological polar surface area (TPSA) is 92.7 Å². The fraction of sp³-hybridized carbons (Fsp3) is 0.294. The van der Waals surface area contributed by atoms with Gasteiger partial charge in [-0.25, -0.2) is 12.8 Å². The fourth-order valence-electron chi connectivity index (χ4n) is 2.94. The first-order valence-corrected chi connectivity index (χ1v) is 9.78. The second-order valence-corrected chi connectivity index (χ2v) is 7.98. The van der Waals surface area contributed by atoms with Gasteiger partial charge in [-0.3, -0.25) is 0 Å². The molecule has 27 heavy (non-hydrogen) atoms. The summed E-state index contributed by atoms with van der Waals surface area (Å²) in [5.41, 5.74) is 0.862.